The predicted octanol–water partition coefficient (Wildman–Crippen LogP) is 3.40. The molecule has 4 nitrogen and oxygen atoms in total. The summed E-state index contributed by atoms with van der Waals surface area (Å²) in [6.07, 6.45) is 6.52. The fourth-order valence-electron chi connectivity index (χ4n) is 4.70. The molecule has 0 unspecified atom stereocenters. The molecule has 0 aromatic rings. The maximum Gasteiger partial charge on any atom is 0.0635 e. The second-order valence-corrected chi connectivity index (χ2v) is 9.43. The molecule has 142 valence electrons. The summed E-state index contributed by atoms with van der Waals surface area (Å²) in [5.41, 5.74) is 0.226. The Labute approximate surface area is 149 Å². The number of nitrogens with zero attached hydrogens (tertiary/aromatic N) is 2. The van der Waals surface area contributed by atoms with Gasteiger partial charge < -0.3 is 19.3 Å². The van der Waals surface area contributed by atoms with Gasteiger partial charge in [-0.2, -0.15) is 0 Å². The van der Waals surface area contributed by atoms with Crippen LogP contribution in [-0.2, 0) is 9.47 Å². The molecule has 0 aromatic carbocycles. The Morgan fingerprint density at radius 2 is 1.42 bits per heavy atom. The van der Waals surface area contributed by atoms with Gasteiger partial charge in [-0.3, -0.25) is 0 Å². The molecule has 2 rings (SSSR count). The summed E-state index contributed by atoms with van der Waals surface area (Å²) in [6.45, 7) is 15.3. The van der Waals surface area contributed by atoms with Crippen LogP contribution in [0.4, 0.5) is 0 Å². The maximum absolute atomic E-state index is 6.53. The number of hydrogen-bond acceptors (Lipinski definition) is 4. The monoisotopic (exact) mass is 340 g/mol. The van der Waals surface area contributed by atoms with E-state index in [0.29, 0.717) is 12.2 Å². The fourth-order valence-corrected chi connectivity index (χ4v) is 4.70. The Morgan fingerprint density at radius 1 is 0.875 bits per heavy atom. The molecule has 1 saturated heterocycles. The first-order chi connectivity index (χ1) is 11.2. The third kappa shape index (κ3) is 6.62. The zero-order chi connectivity index (χ0) is 17.8. The smallest absolute Gasteiger partial charge is 0.0635 e. The summed E-state index contributed by atoms with van der Waals surface area (Å²) < 4.78 is 12.0. The lowest BCUT2D eigenvalue weighted by Crippen LogP contribution is -2.49. The van der Waals surface area contributed by atoms with Crippen molar-refractivity contribution in [1.82, 2.24) is 9.80 Å². The number of rotatable bonds is 7. The lowest BCUT2D eigenvalue weighted by Gasteiger charge is -2.42. The zero-order valence-corrected chi connectivity index (χ0v) is 16.9. The standard InChI is InChI=1S/C20H40N2O2/c1-19(2,16-22-13-11-21(5)12-14-22)15-20(3,4)24-18-9-7-17(23-6)8-10-18/h17-18H,7-16H2,1-6H3. The fraction of sp³-hybridized carbons (Fsp3) is 1.00. The minimum atomic E-state index is -0.0549. The molecule has 0 amide bonds. The van der Waals surface area contributed by atoms with Crippen LogP contribution in [0.25, 0.3) is 0 Å². The average Bonchev–Trinajstić information content (AvgIpc) is 2.48. The van der Waals surface area contributed by atoms with E-state index in [4.69, 9.17) is 9.47 Å². The van der Waals surface area contributed by atoms with Crippen LogP contribution in [0.15, 0.2) is 0 Å². The second-order valence-electron chi connectivity index (χ2n) is 9.43. The van der Waals surface area contributed by atoms with E-state index in [1.165, 1.54) is 32.7 Å². The van der Waals surface area contributed by atoms with Gasteiger partial charge in [-0.15, -0.1) is 0 Å². The van der Waals surface area contributed by atoms with Crippen LogP contribution in [0.3, 0.4) is 0 Å². The molecule has 1 saturated carbocycles. The van der Waals surface area contributed by atoms with Crippen LogP contribution < -0.4 is 0 Å². The highest BCUT2D eigenvalue weighted by Gasteiger charge is 2.34. The lowest BCUT2D eigenvalue weighted by atomic mass is 9.80. The third-order valence-corrected chi connectivity index (χ3v) is 5.59. The van der Waals surface area contributed by atoms with E-state index in [1.54, 1.807) is 0 Å². The Morgan fingerprint density at radius 3 is 1.96 bits per heavy atom. The minimum Gasteiger partial charge on any atom is -0.381 e. The van der Waals surface area contributed by atoms with E-state index in [1.807, 2.05) is 7.11 Å². The van der Waals surface area contributed by atoms with Gasteiger partial charge in [0.15, 0.2) is 0 Å². The van der Waals surface area contributed by atoms with Crippen LogP contribution in [-0.4, -0.2) is 74.5 Å². The van der Waals surface area contributed by atoms with Crippen molar-refractivity contribution >= 4 is 0 Å². The molecular formula is C20H40N2O2. The van der Waals surface area contributed by atoms with Crippen LogP contribution in [0.2, 0.25) is 0 Å². The van der Waals surface area contributed by atoms with Crippen molar-refractivity contribution in [3.8, 4) is 0 Å². The third-order valence-electron chi connectivity index (χ3n) is 5.59. The molecule has 0 spiro atoms. The Balaban J connectivity index is 1.78. The summed E-state index contributed by atoms with van der Waals surface area (Å²) in [6, 6.07) is 0. The molecule has 2 aliphatic rings. The molecular weight excluding hydrogens is 300 g/mol. The van der Waals surface area contributed by atoms with Gasteiger partial charge in [-0.25, -0.2) is 0 Å². The highest BCUT2D eigenvalue weighted by atomic mass is 16.5. The first kappa shape index (κ1) is 20.2. The average molecular weight is 341 g/mol. The van der Waals surface area contributed by atoms with Gasteiger partial charge in [0.05, 0.1) is 17.8 Å². The van der Waals surface area contributed by atoms with Gasteiger partial charge in [0.1, 0.15) is 0 Å². The van der Waals surface area contributed by atoms with Gasteiger partial charge in [0.25, 0.3) is 0 Å². The van der Waals surface area contributed by atoms with E-state index >= 15 is 0 Å². The van der Waals surface area contributed by atoms with Crippen molar-refractivity contribution in [1.29, 1.82) is 0 Å². The molecule has 0 N–H and O–H groups in total. The summed E-state index contributed by atoms with van der Waals surface area (Å²) in [5, 5.41) is 0. The molecule has 24 heavy (non-hydrogen) atoms. The van der Waals surface area contributed by atoms with Gasteiger partial charge in [0, 0.05) is 39.8 Å². The summed E-state index contributed by atoms with van der Waals surface area (Å²) in [5.74, 6) is 0. The van der Waals surface area contributed by atoms with Gasteiger partial charge >= 0.3 is 0 Å². The first-order valence-corrected chi connectivity index (χ1v) is 9.81. The Bertz CT molecular complexity index is 368. The molecule has 4 heteroatoms. The number of likely N-dealkylation sites (N-methyl/N-ethyl adjacent to an activating group) is 1. The number of hydrogen-bond donors (Lipinski definition) is 0. The van der Waals surface area contributed by atoms with E-state index in [0.717, 1.165) is 32.1 Å². The molecule has 0 aromatic heterocycles. The highest BCUT2D eigenvalue weighted by Crippen LogP contribution is 2.34. The van der Waals surface area contributed by atoms with Crippen LogP contribution in [0.5, 0.6) is 0 Å². The minimum absolute atomic E-state index is 0.0549. The summed E-state index contributed by atoms with van der Waals surface area (Å²) >= 11 is 0. The largest absolute Gasteiger partial charge is 0.381 e. The molecule has 0 bridgehead atoms. The Hall–Kier alpha value is -0.160. The molecule has 1 heterocycles. The lowest BCUT2D eigenvalue weighted by molar-refractivity contribution is -0.116. The molecule has 0 radical (unpaired) electrons. The quantitative estimate of drug-likeness (QED) is 0.709. The zero-order valence-electron chi connectivity index (χ0n) is 16.9. The van der Waals surface area contributed by atoms with Crippen LogP contribution in [0, 0.1) is 5.41 Å². The van der Waals surface area contributed by atoms with Gasteiger partial charge in [-0.1, -0.05) is 13.8 Å². The predicted molar refractivity (Wildman–Crippen MR) is 101 cm³/mol. The van der Waals surface area contributed by atoms with Crippen molar-refractivity contribution in [3.63, 3.8) is 0 Å². The van der Waals surface area contributed by atoms with Gasteiger partial charge in [0.2, 0.25) is 0 Å². The SMILES string of the molecule is COC1CCC(OC(C)(C)CC(C)(C)CN2CCN(C)CC2)CC1. The van der Waals surface area contributed by atoms with E-state index in [9.17, 15) is 0 Å². The normalized spacial score (nSPS) is 28.2. The van der Waals surface area contributed by atoms with E-state index in [2.05, 4.69) is 44.5 Å². The first-order valence-electron chi connectivity index (χ1n) is 9.81. The molecule has 0 atom stereocenters. The second kappa shape index (κ2) is 8.48. The van der Waals surface area contributed by atoms with Crippen LogP contribution in [0.1, 0.15) is 59.8 Å². The number of methoxy groups -OCH3 is 1. The topological polar surface area (TPSA) is 24.9 Å². The maximum atomic E-state index is 6.53. The molecule has 2 fully saturated rings. The molecule has 1 aliphatic carbocycles. The summed E-state index contributed by atoms with van der Waals surface area (Å²) in [4.78, 5) is 5.05. The molecule has 1 aliphatic heterocycles. The summed E-state index contributed by atoms with van der Waals surface area (Å²) in [7, 11) is 4.05. The number of piperazine rings is 1. The van der Waals surface area contributed by atoms with Crippen molar-refractivity contribution in [2.75, 3.05) is 46.9 Å². The highest BCUT2D eigenvalue weighted by molar-refractivity contribution is 4.86. The Kier molecular flexibility index (Phi) is 7.12. The van der Waals surface area contributed by atoms with Crippen LogP contribution >= 0.6 is 0 Å². The van der Waals surface area contributed by atoms with E-state index in [-0.39, 0.29) is 11.0 Å². The van der Waals surface area contributed by atoms with Gasteiger partial charge in [-0.05, 0) is 58.4 Å². The van der Waals surface area contributed by atoms with Crippen molar-refractivity contribution in [2.45, 2.75) is 77.6 Å². The van der Waals surface area contributed by atoms with Crippen molar-refractivity contribution in [3.05, 3.63) is 0 Å². The van der Waals surface area contributed by atoms with Crippen molar-refractivity contribution < 1.29 is 9.47 Å². The van der Waals surface area contributed by atoms with Crippen molar-refractivity contribution in [2.24, 2.45) is 5.41 Å². The van der Waals surface area contributed by atoms with E-state index < -0.39 is 0 Å². The number of ether oxygens (including phenoxy) is 2.